The van der Waals surface area contributed by atoms with Gasteiger partial charge in [-0.1, -0.05) is 29.5 Å². The van der Waals surface area contributed by atoms with Crippen LogP contribution in [0.4, 0.5) is 16.6 Å². The fourth-order valence-corrected chi connectivity index (χ4v) is 4.51. The molecule has 0 aliphatic heterocycles. The van der Waals surface area contributed by atoms with Gasteiger partial charge in [-0.25, -0.2) is 4.98 Å². The highest BCUT2D eigenvalue weighted by molar-refractivity contribution is 7.19. The quantitative estimate of drug-likeness (QED) is 0.472. The SMILES string of the molecule is CC(=O)Nc1cc(Cc2sccc2-c2nnc(Nc3ccccc3)s2)ccn1. The minimum absolute atomic E-state index is 0.131. The monoisotopic (exact) mass is 407 g/mol. The number of thiophene rings is 1. The standard InChI is InChI=1S/C20H17N5OS2/c1-13(26)22-18-12-14(7-9-21-18)11-17-16(8-10-27-17)19-24-25-20(28-19)23-15-5-3-2-4-6-15/h2-10,12H,11H2,1H3,(H,23,25)(H,21,22,26). The summed E-state index contributed by atoms with van der Waals surface area (Å²) < 4.78 is 0. The summed E-state index contributed by atoms with van der Waals surface area (Å²) in [6.07, 6.45) is 2.45. The van der Waals surface area contributed by atoms with E-state index in [1.165, 1.54) is 23.1 Å². The van der Waals surface area contributed by atoms with Crippen molar-refractivity contribution in [3.05, 3.63) is 70.5 Å². The number of rotatable bonds is 6. The molecule has 0 fully saturated rings. The van der Waals surface area contributed by atoms with Crippen molar-refractivity contribution in [3.63, 3.8) is 0 Å². The zero-order chi connectivity index (χ0) is 19.3. The predicted octanol–water partition coefficient (Wildman–Crippen LogP) is 4.95. The zero-order valence-corrected chi connectivity index (χ0v) is 16.7. The summed E-state index contributed by atoms with van der Waals surface area (Å²) in [6.45, 7) is 1.47. The number of carbonyl (C=O) groups excluding carboxylic acids is 1. The molecule has 3 heterocycles. The molecule has 0 aliphatic carbocycles. The number of benzene rings is 1. The summed E-state index contributed by atoms with van der Waals surface area (Å²) in [4.78, 5) is 16.6. The zero-order valence-electron chi connectivity index (χ0n) is 15.0. The Morgan fingerprint density at radius 2 is 1.96 bits per heavy atom. The van der Waals surface area contributed by atoms with Crippen molar-refractivity contribution in [1.29, 1.82) is 0 Å². The molecule has 0 saturated heterocycles. The van der Waals surface area contributed by atoms with Gasteiger partial charge in [0.25, 0.3) is 0 Å². The Balaban J connectivity index is 1.53. The molecule has 0 atom stereocenters. The van der Waals surface area contributed by atoms with E-state index in [1.54, 1.807) is 17.5 Å². The lowest BCUT2D eigenvalue weighted by Gasteiger charge is -2.05. The van der Waals surface area contributed by atoms with E-state index < -0.39 is 0 Å². The van der Waals surface area contributed by atoms with Gasteiger partial charge in [0, 0.05) is 35.7 Å². The Bertz CT molecular complexity index is 1090. The second kappa shape index (κ2) is 8.28. The number of aromatic nitrogens is 3. The van der Waals surface area contributed by atoms with Crippen LogP contribution in [0.15, 0.2) is 60.1 Å². The van der Waals surface area contributed by atoms with E-state index in [0.717, 1.165) is 33.4 Å². The third-order valence-corrected chi connectivity index (χ3v) is 5.71. The molecule has 0 unspecified atom stereocenters. The van der Waals surface area contributed by atoms with Gasteiger partial charge in [-0.05, 0) is 41.3 Å². The Morgan fingerprint density at radius 1 is 1.11 bits per heavy atom. The Labute approximate surface area is 170 Å². The van der Waals surface area contributed by atoms with Crippen LogP contribution in [0.25, 0.3) is 10.6 Å². The first-order valence-corrected chi connectivity index (χ1v) is 10.3. The number of pyridine rings is 1. The van der Waals surface area contributed by atoms with Gasteiger partial charge in [0.05, 0.1) is 0 Å². The van der Waals surface area contributed by atoms with E-state index in [0.29, 0.717) is 5.82 Å². The molecule has 1 aromatic carbocycles. The van der Waals surface area contributed by atoms with Crippen LogP contribution in [0.3, 0.4) is 0 Å². The van der Waals surface area contributed by atoms with E-state index in [-0.39, 0.29) is 5.91 Å². The Hall–Kier alpha value is -3.10. The fourth-order valence-electron chi connectivity index (χ4n) is 2.71. The molecule has 8 heteroatoms. The van der Waals surface area contributed by atoms with E-state index in [2.05, 4.69) is 37.3 Å². The summed E-state index contributed by atoms with van der Waals surface area (Å²) in [5, 5.41) is 18.3. The molecule has 0 radical (unpaired) electrons. The molecule has 6 nitrogen and oxygen atoms in total. The predicted molar refractivity (Wildman–Crippen MR) is 114 cm³/mol. The van der Waals surface area contributed by atoms with Crippen molar-refractivity contribution in [2.24, 2.45) is 0 Å². The number of anilines is 3. The minimum atomic E-state index is -0.131. The third kappa shape index (κ3) is 4.41. The van der Waals surface area contributed by atoms with Gasteiger partial charge >= 0.3 is 0 Å². The van der Waals surface area contributed by atoms with Gasteiger partial charge in [0.15, 0.2) is 5.01 Å². The van der Waals surface area contributed by atoms with Crippen LogP contribution in [-0.2, 0) is 11.2 Å². The van der Waals surface area contributed by atoms with Gasteiger partial charge in [-0.3, -0.25) is 4.79 Å². The van der Waals surface area contributed by atoms with Crippen LogP contribution in [0.2, 0.25) is 0 Å². The van der Waals surface area contributed by atoms with Gasteiger partial charge in [-0.15, -0.1) is 21.5 Å². The van der Waals surface area contributed by atoms with Crippen LogP contribution in [0.5, 0.6) is 0 Å². The number of hydrogen-bond donors (Lipinski definition) is 2. The van der Waals surface area contributed by atoms with E-state index in [9.17, 15) is 4.79 Å². The lowest BCUT2D eigenvalue weighted by molar-refractivity contribution is -0.114. The van der Waals surface area contributed by atoms with Crippen molar-refractivity contribution in [3.8, 4) is 10.6 Å². The Kier molecular flexibility index (Phi) is 5.41. The number of carbonyl (C=O) groups is 1. The average molecular weight is 408 g/mol. The summed E-state index contributed by atoms with van der Waals surface area (Å²) in [6, 6.07) is 15.8. The average Bonchev–Trinajstić information content (AvgIpc) is 3.31. The highest BCUT2D eigenvalue weighted by atomic mass is 32.1. The molecule has 140 valence electrons. The molecule has 2 N–H and O–H groups in total. The molecule has 3 aromatic heterocycles. The number of nitrogens with one attached hydrogen (secondary N) is 2. The molecular formula is C20H17N5OS2. The second-order valence-corrected chi connectivity index (χ2v) is 8.05. The van der Waals surface area contributed by atoms with Crippen molar-refractivity contribution < 1.29 is 4.79 Å². The molecule has 4 rings (SSSR count). The first-order chi connectivity index (χ1) is 13.7. The maximum absolute atomic E-state index is 11.2. The largest absolute Gasteiger partial charge is 0.330 e. The number of para-hydroxylation sites is 1. The number of nitrogens with zero attached hydrogens (tertiary/aromatic N) is 3. The van der Waals surface area contributed by atoms with Gasteiger partial charge in [-0.2, -0.15) is 0 Å². The molecule has 0 spiro atoms. The fraction of sp³-hybridized carbons (Fsp3) is 0.100. The lowest BCUT2D eigenvalue weighted by atomic mass is 10.1. The van der Waals surface area contributed by atoms with Crippen molar-refractivity contribution in [2.45, 2.75) is 13.3 Å². The van der Waals surface area contributed by atoms with E-state index in [1.807, 2.05) is 42.5 Å². The van der Waals surface area contributed by atoms with Crippen LogP contribution in [0, 0.1) is 0 Å². The maximum atomic E-state index is 11.2. The number of amides is 1. The Morgan fingerprint density at radius 3 is 2.79 bits per heavy atom. The molecule has 4 aromatic rings. The second-order valence-electron chi connectivity index (χ2n) is 6.07. The van der Waals surface area contributed by atoms with Gasteiger partial charge in [0.1, 0.15) is 5.82 Å². The molecule has 28 heavy (non-hydrogen) atoms. The molecule has 0 saturated carbocycles. The first kappa shape index (κ1) is 18.3. The smallest absolute Gasteiger partial charge is 0.222 e. The first-order valence-electron chi connectivity index (χ1n) is 8.62. The van der Waals surface area contributed by atoms with E-state index >= 15 is 0 Å². The van der Waals surface area contributed by atoms with Gasteiger partial charge in [0.2, 0.25) is 11.0 Å². The van der Waals surface area contributed by atoms with Crippen LogP contribution >= 0.6 is 22.7 Å². The highest BCUT2D eigenvalue weighted by Crippen LogP contribution is 2.34. The molecule has 1 amide bonds. The summed E-state index contributed by atoms with van der Waals surface area (Å²) in [5.74, 6) is 0.433. The summed E-state index contributed by atoms with van der Waals surface area (Å²) in [7, 11) is 0. The van der Waals surface area contributed by atoms with E-state index in [4.69, 9.17) is 0 Å². The van der Waals surface area contributed by atoms with Gasteiger partial charge < -0.3 is 10.6 Å². The van der Waals surface area contributed by atoms with Crippen molar-refractivity contribution in [1.82, 2.24) is 15.2 Å². The highest BCUT2D eigenvalue weighted by Gasteiger charge is 2.13. The maximum Gasteiger partial charge on any atom is 0.222 e. The number of hydrogen-bond acceptors (Lipinski definition) is 7. The molecule has 0 aliphatic rings. The topological polar surface area (TPSA) is 79.8 Å². The van der Waals surface area contributed by atoms with Crippen LogP contribution in [0.1, 0.15) is 17.4 Å². The van der Waals surface area contributed by atoms with Crippen LogP contribution < -0.4 is 10.6 Å². The lowest BCUT2D eigenvalue weighted by Crippen LogP contribution is -2.07. The molecule has 0 bridgehead atoms. The van der Waals surface area contributed by atoms with Crippen LogP contribution in [-0.4, -0.2) is 21.1 Å². The van der Waals surface area contributed by atoms with Crippen molar-refractivity contribution >= 4 is 45.2 Å². The molecular weight excluding hydrogens is 390 g/mol. The van der Waals surface area contributed by atoms with Crippen molar-refractivity contribution in [2.75, 3.05) is 10.6 Å². The minimum Gasteiger partial charge on any atom is -0.330 e. The summed E-state index contributed by atoms with van der Waals surface area (Å²) >= 11 is 3.21. The summed E-state index contributed by atoms with van der Waals surface area (Å²) in [5.41, 5.74) is 3.15. The normalized spacial score (nSPS) is 10.6. The third-order valence-electron chi connectivity index (χ3n) is 3.92.